The van der Waals surface area contributed by atoms with Crippen LogP contribution in [0, 0.1) is 0 Å². The summed E-state index contributed by atoms with van der Waals surface area (Å²) in [6.45, 7) is 0.941. The summed E-state index contributed by atoms with van der Waals surface area (Å²) < 4.78 is 10.8. The van der Waals surface area contributed by atoms with Gasteiger partial charge in [0.15, 0.2) is 0 Å². The van der Waals surface area contributed by atoms with Gasteiger partial charge >= 0.3 is 5.97 Å². The molecule has 0 spiro atoms. The van der Waals surface area contributed by atoms with Gasteiger partial charge in [0, 0.05) is 11.6 Å². The van der Waals surface area contributed by atoms with Crippen LogP contribution >= 0.6 is 22.9 Å². The lowest BCUT2D eigenvalue weighted by Crippen LogP contribution is -2.41. The Kier molecular flexibility index (Phi) is 5.94. The molecule has 1 aromatic heterocycles. The number of esters is 1. The zero-order valence-electron chi connectivity index (χ0n) is 13.5. The number of carbonyl (C=O) groups is 2. The smallest absolute Gasteiger partial charge is 0.328 e. The standard InChI is InChI=1S/C18H18ClNO4S/c19-13-4-1-5-14(12-13)23-9-10-24-18(22)15-6-2-8-20(15)17(21)16-7-3-11-25-16/h1,3-5,7,11-12,15H,2,6,8-10H2. The van der Waals surface area contributed by atoms with Crippen LogP contribution < -0.4 is 4.74 Å². The summed E-state index contributed by atoms with van der Waals surface area (Å²) in [4.78, 5) is 27.0. The van der Waals surface area contributed by atoms with Crippen LogP contribution in [0.3, 0.4) is 0 Å². The van der Waals surface area contributed by atoms with Gasteiger partial charge in [-0.3, -0.25) is 4.79 Å². The number of carbonyl (C=O) groups excluding carboxylic acids is 2. The Bertz CT molecular complexity index is 734. The number of rotatable bonds is 6. The van der Waals surface area contributed by atoms with Crippen molar-refractivity contribution in [2.75, 3.05) is 19.8 Å². The lowest BCUT2D eigenvalue weighted by atomic mass is 10.2. The highest BCUT2D eigenvalue weighted by atomic mass is 35.5. The average Bonchev–Trinajstić information content (AvgIpc) is 3.29. The number of thiophene rings is 1. The third kappa shape index (κ3) is 4.52. The highest BCUT2D eigenvalue weighted by Crippen LogP contribution is 2.23. The fourth-order valence-electron chi connectivity index (χ4n) is 2.75. The number of nitrogens with zero attached hydrogens (tertiary/aromatic N) is 1. The number of ether oxygens (including phenoxy) is 2. The maximum atomic E-state index is 12.5. The molecule has 1 amide bonds. The summed E-state index contributed by atoms with van der Waals surface area (Å²) in [5, 5.41) is 2.44. The van der Waals surface area contributed by atoms with Gasteiger partial charge in [-0.15, -0.1) is 11.3 Å². The van der Waals surface area contributed by atoms with Crippen molar-refractivity contribution < 1.29 is 19.1 Å². The number of likely N-dealkylation sites (tertiary alicyclic amines) is 1. The predicted molar refractivity (Wildman–Crippen MR) is 96.3 cm³/mol. The van der Waals surface area contributed by atoms with Gasteiger partial charge in [-0.25, -0.2) is 4.79 Å². The molecule has 0 saturated carbocycles. The molecule has 0 radical (unpaired) electrons. The fraction of sp³-hybridized carbons (Fsp3) is 0.333. The first-order chi connectivity index (χ1) is 12.1. The summed E-state index contributed by atoms with van der Waals surface area (Å²) in [5.74, 6) is 0.139. The van der Waals surface area contributed by atoms with Crippen LogP contribution in [0.1, 0.15) is 22.5 Å². The first-order valence-electron chi connectivity index (χ1n) is 8.04. The molecule has 0 aliphatic carbocycles. The van der Waals surface area contributed by atoms with Crippen molar-refractivity contribution in [2.24, 2.45) is 0 Å². The Labute approximate surface area is 155 Å². The van der Waals surface area contributed by atoms with E-state index in [0.29, 0.717) is 28.6 Å². The van der Waals surface area contributed by atoms with Crippen LogP contribution in [-0.2, 0) is 9.53 Å². The molecule has 5 nitrogen and oxygen atoms in total. The van der Waals surface area contributed by atoms with E-state index in [2.05, 4.69) is 0 Å². The molecule has 0 N–H and O–H groups in total. The van der Waals surface area contributed by atoms with E-state index in [4.69, 9.17) is 21.1 Å². The van der Waals surface area contributed by atoms with E-state index in [1.807, 2.05) is 11.4 Å². The van der Waals surface area contributed by atoms with Gasteiger partial charge in [-0.1, -0.05) is 23.7 Å². The molecule has 25 heavy (non-hydrogen) atoms. The molecule has 0 bridgehead atoms. The minimum atomic E-state index is -0.513. The molecule has 1 fully saturated rings. The van der Waals surface area contributed by atoms with E-state index in [1.54, 1.807) is 35.2 Å². The molecule has 1 aliphatic heterocycles. The Morgan fingerprint density at radius 2 is 2.12 bits per heavy atom. The first-order valence-corrected chi connectivity index (χ1v) is 9.30. The Hall–Kier alpha value is -2.05. The number of amides is 1. The minimum Gasteiger partial charge on any atom is -0.490 e. The van der Waals surface area contributed by atoms with Crippen molar-refractivity contribution in [3.05, 3.63) is 51.7 Å². The monoisotopic (exact) mass is 379 g/mol. The van der Waals surface area contributed by atoms with Gasteiger partial charge in [0.1, 0.15) is 25.0 Å². The van der Waals surface area contributed by atoms with Gasteiger partial charge in [0.05, 0.1) is 4.88 Å². The Morgan fingerprint density at radius 3 is 2.88 bits per heavy atom. The summed E-state index contributed by atoms with van der Waals surface area (Å²) in [7, 11) is 0. The van der Waals surface area contributed by atoms with E-state index in [-0.39, 0.29) is 25.1 Å². The second kappa shape index (κ2) is 8.36. The highest BCUT2D eigenvalue weighted by Gasteiger charge is 2.35. The SMILES string of the molecule is O=C(OCCOc1cccc(Cl)c1)C1CCCN1C(=O)c1cccs1. The predicted octanol–water partition coefficient (Wildman–Crippen LogP) is 3.63. The first kappa shape index (κ1) is 17.8. The number of hydrogen-bond donors (Lipinski definition) is 0. The van der Waals surface area contributed by atoms with Crippen LogP contribution in [0.25, 0.3) is 0 Å². The quantitative estimate of drug-likeness (QED) is 0.568. The zero-order valence-corrected chi connectivity index (χ0v) is 15.1. The van der Waals surface area contributed by atoms with Gasteiger partial charge in [0.25, 0.3) is 5.91 Å². The molecule has 1 saturated heterocycles. The summed E-state index contributed by atoms with van der Waals surface area (Å²) >= 11 is 7.26. The number of benzene rings is 1. The molecule has 3 rings (SSSR count). The van der Waals surface area contributed by atoms with Crippen LogP contribution in [0.5, 0.6) is 5.75 Å². The zero-order chi connectivity index (χ0) is 17.6. The van der Waals surface area contributed by atoms with Crippen molar-refractivity contribution in [2.45, 2.75) is 18.9 Å². The van der Waals surface area contributed by atoms with Crippen molar-refractivity contribution in [3.63, 3.8) is 0 Å². The summed E-state index contributed by atoms with van der Waals surface area (Å²) in [6, 6.07) is 10.1. The highest BCUT2D eigenvalue weighted by molar-refractivity contribution is 7.12. The molecular weight excluding hydrogens is 362 g/mol. The van der Waals surface area contributed by atoms with E-state index >= 15 is 0 Å². The Balaban J connectivity index is 1.48. The maximum Gasteiger partial charge on any atom is 0.328 e. The molecule has 1 aliphatic rings. The third-order valence-electron chi connectivity index (χ3n) is 3.91. The van der Waals surface area contributed by atoms with E-state index < -0.39 is 6.04 Å². The molecule has 1 atom stereocenters. The third-order valence-corrected chi connectivity index (χ3v) is 5.00. The average molecular weight is 380 g/mol. The van der Waals surface area contributed by atoms with Gasteiger partial charge in [-0.05, 0) is 42.5 Å². The van der Waals surface area contributed by atoms with Crippen LogP contribution in [0.15, 0.2) is 41.8 Å². The molecule has 132 valence electrons. The number of hydrogen-bond acceptors (Lipinski definition) is 5. The minimum absolute atomic E-state index is 0.107. The summed E-state index contributed by atoms with van der Waals surface area (Å²) in [5.41, 5.74) is 0. The Morgan fingerprint density at radius 1 is 1.24 bits per heavy atom. The van der Waals surface area contributed by atoms with Crippen molar-refractivity contribution in [1.82, 2.24) is 4.90 Å². The van der Waals surface area contributed by atoms with Crippen molar-refractivity contribution >= 4 is 34.8 Å². The van der Waals surface area contributed by atoms with Crippen LogP contribution in [-0.4, -0.2) is 42.6 Å². The molecule has 1 unspecified atom stereocenters. The summed E-state index contributed by atoms with van der Waals surface area (Å²) in [6.07, 6.45) is 1.43. The van der Waals surface area contributed by atoms with Crippen LogP contribution in [0.2, 0.25) is 5.02 Å². The second-order valence-electron chi connectivity index (χ2n) is 5.61. The van der Waals surface area contributed by atoms with Gasteiger partial charge in [0.2, 0.25) is 0 Å². The molecule has 1 aromatic carbocycles. The molecule has 2 heterocycles. The fourth-order valence-corrected chi connectivity index (χ4v) is 3.61. The largest absolute Gasteiger partial charge is 0.490 e. The lowest BCUT2D eigenvalue weighted by molar-refractivity contribution is -0.148. The van der Waals surface area contributed by atoms with E-state index in [0.717, 1.165) is 6.42 Å². The van der Waals surface area contributed by atoms with Crippen molar-refractivity contribution in [1.29, 1.82) is 0 Å². The molecule has 2 aromatic rings. The van der Waals surface area contributed by atoms with Crippen molar-refractivity contribution in [3.8, 4) is 5.75 Å². The topological polar surface area (TPSA) is 55.8 Å². The molecule has 7 heteroatoms. The molecular formula is C18H18ClNO4S. The second-order valence-corrected chi connectivity index (χ2v) is 6.99. The lowest BCUT2D eigenvalue weighted by Gasteiger charge is -2.22. The van der Waals surface area contributed by atoms with Crippen LogP contribution in [0.4, 0.5) is 0 Å². The van der Waals surface area contributed by atoms with E-state index in [1.165, 1.54) is 11.3 Å². The maximum absolute atomic E-state index is 12.5. The van der Waals surface area contributed by atoms with Gasteiger partial charge in [-0.2, -0.15) is 0 Å². The van der Waals surface area contributed by atoms with Gasteiger partial charge < -0.3 is 14.4 Å². The normalized spacial score (nSPS) is 16.7. The number of halogens is 1. The van der Waals surface area contributed by atoms with E-state index in [9.17, 15) is 9.59 Å².